The van der Waals surface area contributed by atoms with E-state index in [9.17, 15) is 49.0 Å². The molecule has 3 aromatic heterocycles. The monoisotopic (exact) mass is 1650 g/mol. The third-order valence-corrected chi connectivity index (χ3v) is 23.0. The van der Waals surface area contributed by atoms with Gasteiger partial charge in [0.25, 0.3) is 15.8 Å². The number of anilines is 3. The number of fused-ring (bicyclic) bond motifs is 3. The number of hydrogen-bond donors (Lipinski definition) is 5. The number of rotatable bonds is 19. The molecule has 8 fully saturated rings. The van der Waals surface area contributed by atoms with E-state index in [1.165, 1.54) is 37.1 Å². The van der Waals surface area contributed by atoms with Crippen LogP contribution in [0.5, 0.6) is 23.0 Å². The molecule has 7 N–H and O–H groups in total. The number of nitrogens with one attached hydrogen (secondary N) is 1. The zero-order valence-corrected chi connectivity index (χ0v) is 67.7. The van der Waals surface area contributed by atoms with Crippen LogP contribution in [-0.2, 0) is 33.2 Å². The van der Waals surface area contributed by atoms with Crippen molar-refractivity contribution in [1.29, 1.82) is 15.8 Å². The van der Waals surface area contributed by atoms with E-state index in [0.717, 1.165) is 186 Å². The number of benzene rings is 8. The quantitative estimate of drug-likeness (QED) is 0.0165. The summed E-state index contributed by atoms with van der Waals surface area (Å²) >= 11 is 4.92. The van der Waals surface area contributed by atoms with Crippen LogP contribution in [0.4, 0.5) is 32.3 Å². The Kier molecular flexibility index (Phi) is 26.2. The lowest BCUT2D eigenvalue weighted by molar-refractivity contribution is -0.384. The fourth-order valence-electron chi connectivity index (χ4n) is 14.7. The average molecular weight is 1650 g/mol. The van der Waals surface area contributed by atoms with Crippen molar-refractivity contribution in [1.82, 2.24) is 13.7 Å². The molecule has 11 aromatic rings. The number of nitrogen functional groups attached to an aromatic ring is 2. The number of nitrogens with two attached hydrogens (primary N) is 2. The van der Waals surface area contributed by atoms with E-state index < -0.39 is 32.9 Å². The molecule has 6 heterocycles. The van der Waals surface area contributed by atoms with Gasteiger partial charge in [0, 0.05) is 119 Å². The molecule has 3 saturated heterocycles. The van der Waals surface area contributed by atoms with Gasteiger partial charge in [0.05, 0.1) is 79.5 Å². The molecule has 0 spiro atoms. The Morgan fingerprint density at radius 2 is 0.950 bits per heavy atom. The van der Waals surface area contributed by atoms with Gasteiger partial charge in [0.1, 0.15) is 47.3 Å². The van der Waals surface area contributed by atoms with Crippen LogP contribution in [0.15, 0.2) is 181 Å². The van der Waals surface area contributed by atoms with Gasteiger partial charge in [-0.15, -0.1) is 0 Å². The minimum absolute atomic E-state index is 0.0370. The molecular formula is C91H93ClN10O16S. The molecule has 119 heavy (non-hydrogen) atoms. The number of phenols is 1. The lowest BCUT2D eigenvalue weighted by Crippen LogP contribution is -2.21. The Morgan fingerprint density at radius 3 is 1.32 bits per heavy atom. The van der Waals surface area contributed by atoms with E-state index in [1.807, 2.05) is 130 Å². The number of amides is 1. The number of carbonyl (C=O) groups is 2. The SMILES string of the molecule is CC(O)C1CC1.CC(OC(=O)Nc1ccc(-c2c(C#N)c3ccc(OC4CCCO4)cc3n2C2CC2)cc1)C1CC1.Cc1ccc(S(=O)(=O)OC2CCCO2)cc1.N#Cc1c(-c2ccc(N)cc2)n(C2CC2)c2cc(O)ccc12.N#Cc1c(-c2ccc(N)cc2)n(C2CC2)c2cc(OC3CCCO3)ccc12.O=C(Cl)Oc1ccc([N+](=O)[O-])cc1. The second-order valence-corrected chi connectivity index (χ2v) is 32.7. The van der Waals surface area contributed by atoms with Gasteiger partial charge in [-0.2, -0.15) is 24.2 Å². The van der Waals surface area contributed by atoms with Crippen molar-refractivity contribution in [3.8, 4) is 75.0 Å². The summed E-state index contributed by atoms with van der Waals surface area (Å²) in [6.45, 7) is 7.75. The molecule has 28 heteroatoms. The molecule has 8 aromatic carbocycles. The summed E-state index contributed by atoms with van der Waals surface area (Å²) in [6, 6.07) is 60.1. The number of aromatic hydroxyl groups is 1. The summed E-state index contributed by atoms with van der Waals surface area (Å²) in [5.74, 6) is 3.10. The number of nitro groups is 1. The number of aliphatic hydroxyl groups is 1. The summed E-state index contributed by atoms with van der Waals surface area (Å²) in [5, 5.41) is 64.0. The van der Waals surface area contributed by atoms with Crippen molar-refractivity contribution < 1.29 is 70.5 Å². The summed E-state index contributed by atoms with van der Waals surface area (Å²) in [7, 11) is -3.69. The van der Waals surface area contributed by atoms with Gasteiger partial charge in [0.2, 0.25) is 0 Å². The fraction of sp³-hybridized carbons (Fsp3) is 0.352. The number of phenolic OH excluding ortho intramolecular Hbond substituents is 1. The van der Waals surface area contributed by atoms with Crippen molar-refractivity contribution in [2.24, 2.45) is 11.8 Å². The topological polar surface area (TPSA) is 376 Å². The summed E-state index contributed by atoms with van der Waals surface area (Å²) in [6.07, 6.45) is 15.2. The number of ether oxygens (including phenoxy) is 7. The highest BCUT2D eigenvalue weighted by Gasteiger charge is 2.36. The first-order valence-electron chi connectivity index (χ1n) is 40.2. The maximum atomic E-state index is 12.2. The Labute approximate surface area is 694 Å². The number of nitrogens with zero attached hydrogens (tertiary/aromatic N) is 7. The molecule has 26 nitrogen and oxygen atoms in total. The number of carbonyl (C=O) groups excluding carboxylic acids is 2. The lowest BCUT2D eigenvalue weighted by atomic mass is 10.1. The first-order valence-corrected chi connectivity index (χ1v) is 42.0. The van der Waals surface area contributed by atoms with Crippen LogP contribution >= 0.6 is 11.6 Å². The Balaban J connectivity index is 0.000000124. The first-order chi connectivity index (χ1) is 57.5. The number of aliphatic hydroxyl groups excluding tert-OH is 1. The molecule has 5 unspecified atom stereocenters. The third-order valence-electron chi connectivity index (χ3n) is 21.7. The predicted octanol–water partition coefficient (Wildman–Crippen LogP) is 19.7. The van der Waals surface area contributed by atoms with E-state index in [4.69, 9.17) is 60.8 Å². The smallest absolute Gasteiger partial charge is 0.411 e. The van der Waals surface area contributed by atoms with Crippen LogP contribution in [0.2, 0.25) is 0 Å². The summed E-state index contributed by atoms with van der Waals surface area (Å²) in [4.78, 5) is 32.3. The number of aryl methyl sites for hydroxylation is 1. The predicted molar refractivity (Wildman–Crippen MR) is 451 cm³/mol. The summed E-state index contributed by atoms with van der Waals surface area (Å²) in [5.41, 5.74) is 24.5. The average Bonchev–Trinajstić information content (AvgIpc) is 1.59. The van der Waals surface area contributed by atoms with Gasteiger partial charge in [0.15, 0.2) is 18.9 Å². The van der Waals surface area contributed by atoms with Gasteiger partial charge in [-0.3, -0.25) is 15.4 Å². The van der Waals surface area contributed by atoms with Gasteiger partial charge in [-0.1, -0.05) is 54.1 Å². The number of nitriles is 3. The van der Waals surface area contributed by atoms with Crippen LogP contribution in [0.3, 0.4) is 0 Å². The number of non-ortho nitro benzene ring substituents is 1. The summed E-state index contributed by atoms with van der Waals surface area (Å²) < 4.78 is 73.7. The molecular weight excluding hydrogens is 1560 g/mol. The molecule has 1 amide bonds. The van der Waals surface area contributed by atoms with Crippen molar-refractivity contribution in [2.75, 3.05) is 36.6 Å². The first kappa shape index (κ1) is 83.5. The minimum Gasteiger partial charge on any atom is -0.508 e. The second kappa shape index (κ2) is 37.3. The van der Waals surface area contributed by atoms with E-state index in [-0.39, 0.29) is 46.9 Å². The van der Waals surface area contributed by atoms with E-state index in [1.54, 1.807) is 36.4 Å². The number of halogens is 1. The van der Waals surface area contributed by atoms with Crippen LogP contribution in [0.25, 0.3) is 66.5 Å². The fourth-order valence-corrected chi connectivity index (χ4v) is 15.8. The van der Waals surface area contributed by atoms with Crippen LogP contribution in [0.1, 0.15) is 157 Å². The van der Waals surface area contributed by atoms with E-state index >= 15 is 0 Å². The maximum absolute atomic E-state index is 12.2. The van der Waals surface area contributed by atoms with Crippen LogP contribution < -0.4 is 31.0 Å². The maximum Gasteiger partial charge on any atom is 0.411 e. The molecule has 0 bridgehead atoms. The normalized spacial score (nSPS) is 18.2. The standard InChI is InChI=1S/C28H29N3O4.C22H21N3O2.C18H15N3O.C11H14O4S.C7H4ClNO4.C5H10O/c1-17(18-4-5-18)34-28(32)30-20-8-6-19(7-9-20)27-24(16-29)23-13-12-22(35-26-3-2-14-33-26)15-25(23)31(27)21-10-11-21;23-13-19-18-10-9-17(27-21-2-1-11-26-21)12-20(18)25(16-7-8-16)22(19)14-3-5-15(24)6-4-14;19-10-16-15-8-7-14(22)9-17(15)21(13-5-6-13)18(16)11-1-3-12(20)4-2-11;1-9-4-6-10(7-5-9)16(12,13)15-11-3-2-8-14-11;8-7(10)13-6-3-1-5(2-4-6)9(11)12;1-4(6)5-2-3-5/h6-9,12-13,15,17-18,21,26H,2-5,10-11,14H2,1H3,(H,30,32);3-6,9-10,12,16,21H,1-2,7-8,11,24H2;1-4,7-9,13,22H,5-6,20H2;4-7,11H,2-3,8H2,1H3;1-4H;4-6H,2-3H2,1H3. The Hall–Kier alpha value is -12.0. The van der Waals surface area contributed by atoms with Crippen molar-refractivity contribution in [3.05, 3.63) is 208 Å². The van der Waals surface area contributed by atoms with Gasteiger partial charge >= 0.3 is 11.5 Å². The Bertz CT molecular complexity index is 5720. The Morgan fingerprint density at radius 1 is 0.546 bits per heavy atom. The largest absolute Gasteiger partial charge is 0.508 e. The highest BCUT2D eigenvalue weighted by molar-refractivity contribution is 7.86. The highest BCUT2D eigenvalue weighted by atomic mass is 35.5. The van der Waals surface area contributed by atoms with Crippen LogP contribution in [-0.4, -0.2) is 99.7 Å². The van der Waals surface area contributed by atoms with Crippen molar-refractivity contribution in [2.45, 2.75) is 178 Å². The molecule has 8 aliphatic rings. The van der Waals surface area contributed by atoms with Gasteiger partial charge in [-0.25, -0.2) is 13.8 Å². The van der Waals surface area contributed by atoms with Crippen molar-refractivity contribution in [3.63, 3.8) is 0 Å². The zero-order valence-electron chi connectivity index (χ0n) is 66.1. The molecule has 5 saturated carbocycles. The molecule has 0 radical (unpaired) electrons. The number of aromatic nitrogens is 3. The molecule has 3 aliphatic heterocycles. The van der Waals surface area contributed by atoms with Gasteiger partial charge in [-0.05, 0) is 230 Å². The van der Waals surface area contributed by atoms with E-state index in [2.05, 4.69) is 48.0 Å². The van der Waals surface area contributed by atoms with E-state index in [0.29, 0.717) is 71.1 Å². The molecule has 5 aliphatic carbocycles. The van der Waals surface area contributed by atoms with Crippen molar-refractivity contribution >= 4 is 88.7 Å². The molecule has 5 atom stereocenters. The minimum atomic E-state index is -3.69. The second-order valence-electron chi connectivity index (χ2n) is 30.9. The molecule has 616 valence electrons. The lowest BCUT2D eigenvalue weighted by Gasteiger charge is -2.14. The molecule has 19 rings (SSSR count). The number of nitro benzene ring substituents is 1. The zero-order chi connectivity index (χ0) is 83.6. The third kappa shape index (κ3) is 21.0. The van der Waals surface area contributed by atoms with Gasteiger partial charge < -0.3 is 68.5 Å². The van der Waals surface area contributed by atoms with Crippen LogP contribution in [0, 0.1) is 62.9 Å². The highest BCUT2D eigenvalue weighted by Crippen LogP contribution is 2.49. The number of hydrogen-bond acceptors (Lipinski definition) is 21.